The van der Waals surface area contributed by atoms with Crippen molar-refractivity contribution < 1.29 is 9.53 Å². The lowest BCUT2D eigenvalue weighted by atomic mass is 10.4. The first-order valence-corrected chi connectivity index (χ1v) is 6.49. The molecule has 0 aliphatic heterocycles. The SMILES string of the molecule is COCCNC(=O)CCNc1nc(Cl)nc(N(C)C)n1. The van der Waals surface area contributed by atoms with Gasteiger partial charge in [0.2, 0.25) is 23.1 Å². The molecule has 0 aliphatic rings. The molecule has 9 heteroatoms. The molecule has 1 heterocycles. The Morgan fingerprint density at radius 1 is 1.30 bits per heavy atom. The van der Waals surface area contributed by atoms with Gasteiger partial charge in [-0.2, -0.15) is 15.0 Å². The van der Waals surface area contributed by atoms with Crippen LogP contribution in [0, 0.1) is 0 Å². The molecule has 1 rings (SSSR count). The molecular formula is C11H19ClN6O2. The Kier molecular flexibility index (Phi) is 6.96. The van der Waals surface area contributed by atoms with Crippen LogP contribution in [0.1, 0.15) is 6.42 Å². The van der Waals surface area contributed by atoms with Gasteiger partial charge in [0, 0.05) is 40.7 Å². The molecular weight excluding hydrogens is 284 g/mol. The molecule has 1 amide bonds. The van der Waals surface area contributed by atoms with E-state index in [0.29, 0.717) is 38.0 Å². The van der Waals surface area contributed by atoms with E-state index in [2.05, 4.69) is 25.6 Å². The Balaban J connectivity index is 2.40. The van der Waals surface area contributed by atoms with Gasteiger partial charge < -0.3 is 20.3 Å². The second-order valence-electron chi connectivity index (χ2n) is 4.14. The minimum Gasteiger partial charge on any atom is -0.383 e. The quantitative estimate of drug-likeness (QED) is 0.661. The molecule has 0 radical (unpaired) electrons. The molecule has 0 saturated carbocycles. The van der Waals surface area contributed by atoms with Crippen molar-refractivity contribution in [1.82, 2.24) is 20.3 Å². The normalized spacial score (nSPS) is 10.2. The van der Waals surface area contributed by atoms with E-state index in [0.717, 1.165) is 0 Å². The lowest BCUT2D eigenvalue weighted by molar-refractivity contribution is -0.121. The zero-order chi connectivity index (χ0) is 15.0. The van der Waals surface area contributed by atoms with Gasteiger partial charge in [-0.25, -0.2) is 0 Å². The number of aromatic nitrogens is 3. The largest absolute Gasteiger partial charge is 0.383 e. The van der Waals surface area contributed by atoms with Crippen molar-refractivity contribution in [1.29, 1.82) is 0 Å². The van der Waals surface area contributed by atoms with E-state index in [9.17, 15) is 4.79 Å². The number of nitrogens with zero attached hydrogens (tertiary/aromatic N) is 4. The molecule has 1 aromatic rings. The van der Waals surface area contributed by atoms with Gasteiger partial charge in [-0.05, 0) is 11.6 Å². The highest BCUT2D eigenvalue weighted by atomic mass is 35.5. The molecule has 0 fully saturated rings. The average molecular weight is 303 g/mol. The van der Waals surface area contributed by atoms with Crippen molar-refractivity contribution in [3.8, 4) is 0 Å². The number of ether oxygens (including phenoxy) is 1. The lowest BCUT2D eigenvalue weighted by Crippen LogP contribution is -2.28. The van der Waals surface area contributed by atoms with Gasteiger partial charge in [-0.15, -0.1) is 0 Å². The first-order valence-electron chi connectivity index (χ1n) is 6.11. The Morgan fingerprint density at radius 2 is 2.05 bits per heavy atom. The van der Waals surface area contributed by atoms with Gasteiger partial charge in [0.05, 0.1) is 6.61 Å². The summed E-state index contributed by atoms with van der Waals surface area (Å²) in [5, 5.41) is 5.76. The second-order valence-corrected chi connectivity index (χ2v) is 4.48. The summed E-state index contributed by atoms with van der Waals surface area (Å²) in [6, 6.07) is 0. The number of rotatable bonds is 8. The Bertz CT molecular complexity index is 443. The summed E-state index contributed by atoms with van der Waals surface area (Å²) >= 11 is 5.80. The molecule has 0 spiro atoms. The van der Waals surface area contributed by atoms with Crippen molar-refractivity contribution in [3.63, 3.8) is 0 Å². The molecule has 0 unspecified atom stereocenters. The molecule has 0 aliphatic carbocycles. The minimum atomic E-state index is -0.0671. The van der Waals surface area contributed by atoms with Gasteiger partial charge in [0.15, 0.2) is 0 Å². The highest BCUT2D eigenvalue weighted by molar-refractivity contribution is 6.28. The second kappa shape index (κ2) is 8.49. The maximum absolute atomic E-state index is 11.5. The highest BCUT2D eigenvalue weighted by Gasteiger charge is 2.07. The van der Waals surface area contributed by atoms with E-state index in [-0.39, 0.29) is 11.2 Å². The van der Waals surface area contributed by atoms with E-state index in [1.54, 1.807) is 26.1 Å². The van der Waals surface area contributed by atoms with Gasteiger partial charge >= 0.3 is 0 Å². The Morgan fingerprint density at radius 3 is 2.70 bits per heavy atom. The fourth-order valence-corrected chi connectivity index (χ4v) is 1.44. The van der Waals surface area contributed by atoms with Gasteiger partial charge in [0.1, 0.15) is 0 Å². The van der Waals surface area contributed by atoms with Crippen LogP contribution in [0.5, 0.6) is 0 Å². The van der Waals surface area contributed by atoms with Gasteiger partial charge in [-0.3, -0.25) is 4.79 Å². The molecule has 2 N–H and O–H groups in total. The lowest BCUT2D eigenvalue weighted by Gasteiger charge is -2.11. The zero-order valence-electron chi connectivity index (χ0n) is 11.8. The van der Waals surface area contributed by atoms with Crippen molar-refractivity contribution in [2.45, 2.75) is 6.42 Å². The summed E-state index contributed by atoms with van der Waals surface area (Å²) in [5.74, 6) is 0.734. The molecule has 20 heavy (non-hydrogen) atoms. The van der Waals surface area contributed by atoms with Crippen LogP contribution in [-0.2, 0) is 9.53 Å². The van der Waals surface area contributed by atoms with Gasteiger partial charge in [0.25, 0.3) is 0 Å². The third kappa shape index (κ3) is 5.98. The van der Waals surface area contributed by atoms with Crippen molar-refractivity contribution >= 4 is 29.4 Å². The number of halogens is 1. The Hall–Kier alpha value is -1.67. The number of nitrogens with one attached hydrogen (secondary N) is 2. The van der Waals surface area contributed by atoms with Crippen LogP contribution < -0.4 is 15.5 Å². The topological polar surface area (TPSA) is 92.3 Å². The molecule has 1 aromatic heterocycles. The van der Waals surface area contributed by atoms with E-state index in [4.69, 9.17) is 16.3 Å². The molecule has 112 valence electrons. The third-order valence-corrected chi connectivity index (χ3v) is 2.43. The molecule has 0 bridgehead atoms. The summed E-state index contributed by atoms with van der Waals surface area (Å²) in [7, 11) is 5.19. The van der Waals surface area contributed by atoms with Gasteiger partial charge in [-0.1, -0.05) is 0 Å². The van der Waals surface area contributed by atoms with E-state index < -0.39 is 0 Å². The number of anilines is 2. The summed E-state index contributed by atoms with van der Waals surface area (Å²) in [6.07, 6.45) is 0.310. The summed E-state index contributed by atoms with van der Waals surface area (Å²) in [4.78, 5) is 25.2. The molecule has 0 saturated heterocycles. The Labute approximate surface area is 122 Å². The first kappa shape index (κ1) is 16.4. The van der Waals surface area contributed by atoms with Crippen molar-refractivity contribution in [3.05, 3.63) is 5.28 Å². The van der Waals surface area contributed by atoms with Crippen molar-refractivity contribution in [2.24, 2.45) is 0 Å². The van der Waals surface area contributed by atoms with Crippen LogP contribution in [0.3, 0.4) is 0 Å². The van der Waals surface area contributed by atoms with Crippen LogP contribution in [0.2, 0.25) is 5.28 Å². The van der Waals surface area contributed by atoms with E-state index in [1.165, 1.54) is 0 Å². The fraction of sp³-hybridized carbons (Fsp3) is 0.636. The minimum absolute atomic E-state index is 0.0671. The standard InChI is InChI=1S/C11H19ClN6O2/c1-18(2)11-16-9(12)15-10(17-11)14-5-4-8(19)13-6-7-20-3/h4-7H2,1-3H3,(H,13,19)(H,14,15,16,17). The maximum atomic E-state index is 11.5. The summed E-state index contributed by atoms with van der Waals surface area (Å²) in [5.41, 5.74) is 0. The predicted molar refractivity (Wildman–Crippen MR) is 77.2 cm³/mol. The van der Waals surface area contributed by atoms with Crippen molar-refractivity contribution in [2.75, 3.05) is 51.1 Å². The summed E-state index contributed by atoms with van der Waals surface area (Å²) in [6.45, 7) is 1.40. The molecule has 0 atom stereocenters. The van der Waals surface area contributed by atoms with Crippen LogP contribution >= 0.6 is 11.6 Å². The molecule has 0 aromatic carbocycles. The predicted octanol–water partition coefficient (Wildman–Crippen LogP) is 0.156. The summed E-state index contributed by atoms with van der Waals surface area (Å²) < 4.78 is 4.84. The third-order valence-electron chi connectivity index (χ3n) is 2.26. The number of methoxy groups -OCH3 is 1. The van der Waals surface area contributed by atoms with E-state index >= 15 is 0 Å². The number of hydrogen-bond donors (Lipinski definition) is 2. The number of carbonyl (C=O) groups is 1. The van der Waals surface area contributed by atoms with Crippen LogP contribution in [0.4, 0.5) is 11.9 Å². The smallest absolute Gasteiger partial charge is 0.230 e. The first-order chi connectivity index (χ1) is 9.52. The van der Waals surface area contributed by atoms with Crippen LogP contribution in [0.25, 0.3) is 0 Å². The molecule has 8 nitrogen and oxygen atoms in total. The monoisotopic (exact) mass is 302 g/mol. The highest BCUT2D eigenvalue weighted by Crippen LogP contribution is 2.11. The maximum Gasteiger partial charge on any atom is 0.230 e. The number of carbonyl (C=O) groups excluding carboxylic acids is 1. The number of hydrogen-bond acceptors (Lipinski definition) is 7. The van der Waals surface area contributed by atoms with Crippen LogP contribution in [-0.4, -0.2) is 61.8 Å². The zero-order valence-corrected chi connectivity index (χ0v) is 12.6. The number of amides is 1. The fourth-order valence-electron chi connectivity index (χ4n) is 1.29. The average Bonchev–Trinajstić information content (AvgIpc) is 2.38. The van der Waals surface area contributed by atoms with Crippen LogP contribution in [0.15, 0.2) is 0 Å². The van der Waals surface area contributed by atoms with E-state index in [1.807, 2.05) is 0 Å².